The first-order chi connectivity index (χ1) is 10.4. The number of carbonyl (C=O) groups is 2. The molecule has 1 fully saturated rings. The maximum atomic E-state index is 12.2. The predicted octanol–water partition coefficient (Wildman–Crippen LogP) is 0.920. The van der Waals surface area contributed by atoms with Crippen LogP contribution in [0.15, 0.2) is 18.2 Å². The summed E-state index contributed by atoms with van der Waals surface area (Å²) in [6, 6.07) is 3.53. The highest BCUT2D eigenvalue weighted by molar-refractivity contribution is 7.88. The van der Waals surface area contributed by atoms with Crippen molar-refractivity contribution in [3.8, 4) is 0 Å². The van der Waals surface area contributed by atoms with E-state index in [4.69, 9.17) is 0 Å². The summed E-state index contributed by atoms with van der Waals surface area (Å²) in [5.74, 6) is 0. The van der Waals surface area contributed by atoms with Crippen molar-refractivity contribution in [2.24, 2.45) is 0 Å². The van der Waals surface area contributed by atoms with Gasteiger partial charge < -0.3 is 5.32 Å². The Labute approximate surface area is 129 Å². The van der Waals surface area contributed by atoms with E-state index in [9.17, 15) is 18.0 Å². The number of urea groups is 2. The highest BCUT2D eigenvalue weighted by Crippen LogP contribution is 2.22. The third-order valence-corrected chi connectivity index (χ3v) is 4.83. The minimum atomic E-state index is -3.68. The van der Waals surface area contributed by atoms with Gasteiger partial charge in [-0.1, -0.05) is 6.07 Å². The average molecular weight is 341 g/mol. The average Bonchev–Trinajstić information content (AvgIpc) is 3.04. The van der Waals surface area contributed by atoms with Crippen LogP contribution in [0, 0.1) is 0 Å². The number of benzene rings is 1. The van der Waals surface area contributed by atoms with Gasteiger partial charge in [-0.15, -0.1) is 0 Å². The van der Waals surface area contributed by atoms with E-state index in [-0.39, 0.29) is 13.1 Å². The predicted molar refractivity (Wildman–Crippen MR) is 80.1 cm³/mol. The van der Waals surface area contributed by atoms with E-state index in [2.05, 4.69) is 14.1 Å². The molecule has 1 saturated heterocycles. The Balaban J connectivity index is 1.81. The molecule has 3 rings (SSSR count). The highest BCUT2D eigenvalue weighted by Gasteiger charge is 2.38. The van der Waals surface area contributed by atoms with Gasteiger partial charge in [-0.3, -0.25) is 0 Å². The number of fused-ring (bicyclic) bond motifs is 1. The number of hydrogen-bond acceptors (Lipinski definition) is 7. The van der Waals surface area contributed by atoms with Gasteiger partial charge in [0.25, 0.3) is 0 Å². The lowest BCUT2D eigenvalue weighted by molar-refractivity contribution is 0.201. The first-order valence-corrected chi connectivity index (χ1v) is 8.77. The molecule has 0 atom stereocenters. The number of carbonyl (C=O) groups excluding carboxylic acids is 2. The largest absolute Gasteiger partial charge is 0.341 e. The van der Waals surface area contributed by atoms with Crippen LogP contribution in [-0.2, 0) is 10.0 Å². The molecule has 1 aromatic heterocycles. The second kappa shape index (κ2) is 5.18. The van der Waals surface area contributed by atoms with E-state index in [1.165, 1.54) is 0 Å². The summed E-state index contributed by atoms with van der Waals surface area (Å²) >= 11 is 1.01. The molecule has 11 heteroatoms. The molecule has 1 aromatic carbocycles. The molecule has 4 amide bonds. The van der Waals surface area contributed by atoms with Crippen LogP contribution in [0.4, 0.5) is 15.3 Å². The molecule has 22 heavy (non-hydrogen) atoms. The maximum absolute atomic E-state index is 12.2. The smallest absolute Gasteiger partial charge is 0.305 e. The number of sulfonamides is 1. The first-order valence-electron chi connectivity index (χ1n) is 6.19. The van der Waals surface area contributed by atoms with Crippen molar-refractivity contribution in [3.63, 3.8) is 0 Å². The van der Waals surface area contributed by atoms with Crippen molar-refractivity contribution in [1.82, 2.24) is 18.0 Å². The van der Waals surface area contributed by atoms with Crippen LogP contribution in [0.5, 0.6) is 0 Å². The van der Waals surface area contributed by atoms with Crippen LogP contribution in [0.25, 0.3) is 11.0 Å². The van der Waals surface area contributed by atoms with Gasteiger partial charge >= 0.3 is 12.1 Å². The van der Waals surface area contributed by atoms with Crippen LogP contribution in [0.1, 0.15) is 0 Å². The molecule has 1 aliphatic rings. The second-order valence-corrected chi connectivity index (χ2v) is 7.07. The zero-order valence-electron chi connectivity index (χ0n) is 11.4. The molecule has 0 unspecified atom stereocenters. The Morgan fingerprint density at radius 3 is 2.77 bits per heavy atom. The lowest BCUT2D eigenvalue weighted by Crippen LogP contribution is -2.40. The third-order valence-electron chi connectivity index (χ3n) is 3.14. The number of nitrogens with one attached hydrogen (secondary N) is 1. The molecular formula is C11H11N5O4S2. The Morgan fingerprint density at radius 1 is 1.32 bits per heavy atom. The number of rotatable bonds is 2. The summed E-state index contributed by atoms with van der Waals surface area (Å²) in [4.78, 5) is 25.0. The minimum absolute atomic E-state index is 0.00300. The van der Waals surface area contributed by atoms with Crippen LogP contribution >= 0.6 is 11.7 Å². The summed E-state index contributed by atoms with van der Waals surface area (Å²) in [5.41, 5.74) is 1.57. The summed E-state index contributed by atoms with van der Waals surface area (Å²) in [5, 5.41) is 2.56. The standard InChI is InChI=1S/C11H11N5O4S2/c1-22(19,20)16-6-5-15(11(16)18)10(17)12-7-3-2-4-8-9(7)14-21-13-8/h2-4H,5-6H2,1H3,(H,12,17). The summed E-state index contributed by atoms with van der Waals surface area (Å²) in [7, 11) is -3.68. The number of nitrogens with zero attached hydrogens (tertiary/aromatic N) is 4. The fourth-order valence-electron chi connectivity index (χ4n) is 2.10. The van der Waals surface area contributed by atoms with Crippen LogP contribution < -0.4 is 5.32 Å². The fraction of sp³-hybridized carbons (Fsp3) is 0.273. The number of amides is 4. The minimum Gasteiger partial charge on any atom is -0.305 e. The van der Waals surface area contributed by atoms with Crippen LogP contribution in [0.3, 0.4) is 0 Å². The summed E-state index contributed by atoms with van der Waals surface area (Å²) < 4.78 is 31.7. The molecule has 0 aliphatic carbocycles. The molecule has 0 radical (unpaired) electrons. The SMILES string of the molecule is CS(=O)(=O)N1CCN(C(=O)Nc2cccc3nsnc23)C1=O. The van der Waals surface area contributed by atoms with Gasteiger partial charge in [-0.2, -0.15) is 8.75 Å². The second-order valence-electron chi connectivity index (χ2n) is 4.64. The van der Waals surface area contributed by atoms with Crippen molar-refractivity contribution in [1.29, 1.82) is 0 Å². The normalized spacial score (nSPS) is 15.6. The molecule has 0 spiro atoms. The van der Waals surface area contributed by atoms with Gasteiger partial charge in [0, 0.05) is 0 Å². The Hall–Kier alpha value is -2.27. The molecule has 2 aromatic rings. The van der Waals surface area contributed by atoms with E-state index < -0.39 is 22.1 Å². The number of hydrogen-bond donors (Lipinski definition) is 1. The lowest BCUT2D eigenvalue weighted by atomic mass is 10.2. The summed E-state index contributed by atoms with van der Waals surface area (Å²) in [6.45, 7) is -0.0451. The Kier molecular flexibility index (Phi) is 3.45. The van der Waals surface area contributed by atoms with Gasteiger partial charge in [0.1, 0.15) is 11.0 Å². The maximum Gasteiger partial charge on any atom is 0.341 e. The van der Waals surface area contributed by atoms with E-state index in [1.54, 1.807) is 18.2 Å². The molecule has 1 N–H and O–H groups in total. The number of imide groups is 1. The third kappa shape index (κ3) is 2.48. The van der Waals surface area contributed by atoms with Crippen molar-refractivity contribution < 1.29 is 18.0 Å². The van der Waals surface area contributed by atoms with Gasteiger partial charge in [0.2, 0.25) is 10.0 Å². The topological polar surface area (TPSA) is 113 Å². The molecule has 2 heterocycles. The fourth-order valence-corrected chi connectivity index (χ4v) is 3.45. The van der Waals surface area contributed by atoms with Gasteiger partial charge in [0.05, 0.1) is 36.8 Å². The zero-order chi connectivity index (χ0) is 15.9. The van der Waals surface area contributed by atoms with Gasteiger partial charge in [0.15, 0.2) is 0 Å². The highest BCUT2D eigenvalue weighted by atomic mass is 32.2. The van der Waals surface area contributed by atoms with Gasteiger partial charge in [-0.25, -0.2) is 27.2 Å². The zero-order valence-corrected chi connectivity index (χ0v) is 13.0. The van der Waals surface area contributed by atoms with E-state index in [1.807, 2.05) is 0 Å². The Bertz CT molecular complexity index is 862. The van der Waals surface area contributed by atoms with E-state index in [0.29, 0.717) is 21.0 Å². The molecule has 116 valence electrons. The molecular weight excluding hydrogens is 330 g/mol. The number of aromatic nitrogens is 2. The first kappa shape index (κ1) is 14.7. The lowest BCUT2D eigenvalue weighted by Gasteiger charge is -2.16. The van der Waals surface area contributed by atoms with E-state index >= 15 is 0 Å². The van der Waals surface area contributed by atoms with E-state index in [0.717, 1.165) is 22.9 Å². The number of anilines is 1. The van der Waals surface area contributed by atoms with Crippen molar-refractivity contribution in [2.45, 2.75) is 0 Å². The molecule has 9 nitrogen and oxygen atoms in total. The van der Waals surface area contributed by atoms with Crippen molar-refractivity contribution >= 4 is 50.5 Å². The van der Waals surface area contributed by atoms with Crippen LogP contribution in [0.2, 0.25) is 0 Å². The monoisotopic (exact) mass is 341 g/mol. The quantitative estimate of drug-likeness (QED) is 0.869. The molecule has 1 aliphatic heterocycles. The van der Waals surface area contributed by atoms with Gasteiger partial charge in [-0.05, 0) is 12.1 Å². The molecule has 0 saturated carbocycles. The Morgan fingerprint density at radius 2 is 2.09 bits per heavy atom. The van der Waals surface area contributed by atoms with Crippen molar-refractivity contribution in [2.75, 3.05) is 24.7 Å². The van der Waals surface area contributed by atoms with Crippen molar-refractivity contribution in [3.05, 3.63) is 18.2 Å². The summed E-state index contributed by atoms with van der Waals surface area (Å²) in [6.07, 6.45) is 0.925. The molecule has 0 bridgehead atoms. The van der Waals surface area contributed by atoms with Crippen LogP contribution in [-0.4, -0.2) is 57.8 Å².